The van der Waals surface area contributed by atoms with E-state index in [0.717, 1.165) is 6.42 Å². The second-order valence-electron chi connectivity index (χ2n) is 4.75. The molecule has 0 spiro atoms. The van der Waals surface area contributed by atoms with Gasteiger partial charge in [-0.2, -0.15) is 0 Å². The molecule has 0 heterocycles. The lowest BCUT2D eigenvalue weighted by molar-refractivity contribution is -0.131. The summed E-state index contributed by atoms with van der Waals surface area (Å²) < 4.78 is 17.9. The highest BCUT2D eigenvalue weighted by molar-refractivity contribution is 5.85. The highest BCUT2D eigenvalue weighted by Gasteiger charge is 2.10. The molecule has 0 atom stereocenters. The van der Waals surface area contributed by atoms with Crippen LogP contribution in [-0.2, 0) is 20.7 Å². The van der Waals surface area contributed by atoms with Crippen LogP contribution in [0, 0.1) is 5.82 Å². The first kappa shape index (κ1) is 17.1. The van der Waals surface area contributed by atoms with E-state index in [4.69, 9.17) is 4.74 Å². The van der Waals surface area contributed by atoms with Crippen molar-refractivity contribution in [3.8, 4) is 0 Å². The number of hydrogen-bond acceptors (Lipinski definition) is 3. The van der Waals surface area contributed by atoms with E-state index in [1.165, 1.54) is 12.1 Å². The number of nitrogens with zero attached hydrogens (tertiary/aromatic N) is 1. The van der Waals surface area contributed by atoms with Gasteiger partial charge in [0.05, 0.1) is 13.0 Å². The van der Waals surface area contributed by atoms with E-state index in [9.17, 15) is 14.0 Å². The Hall–Kier alpha value is -1.95. The summed E-state index contributed by atoms with van der Waals surface area (Å²) in [4.78, 5) is 25.0. The largest absolute Gasteiger partial charge is 0.385 e. The highest BCUT2D eigenvalue weighted by Crippen LogP contribution is 2.04. The molecule has 1 aromatic rings. The second-order valence-corrected chi connectivity index (χ2v) is 4.75. The summed E-state index contributed by atoms with van der Waals surface area (Å²) in [6.07, 6.45) is 0.800. The number of methoxy groups -OCH3 is 1. The summed E-state index contributed by atoms with van der Waals surface area (Å²) in [6, 6.07) is 5.84. The van der Waals surface area contributed by atoms with E-state index in [0.29, 0.717) is 18.7 Å². The van der Waals surface area contributed by atoms with Crippen LogP contribution in [-0.4, -0.2) is 50.6 Å². The fourth-order valence-electron chi connectivity index (χ4n) is 1.77. The van der Waals surface area contributed by atoms with Crippen LogP contribution in [0.5, 0.6) is 0 Å². The number of likely N-dealkylation sites (N-methyl/N-ethyl adjacent to an activating group) is 1. The van der Waals surface area contributed by atoms with Gasteiger partial charge in [-0.05, 0) is 24.1 Å². The van der Waals surface area contributed by atoms with Gasteiger partial charge in [0.15, 0.2) is 0 Å². The highest BCUT2D eigenvalue weighted by atomic mass is 19.1. The fourth-order valence-corrected chi connectivity index (χ4v) is 1.77. The summed E-state index contributed by atoms with van der Waals surface area (Å²) in [5.74, 6) is -0.854. The third-order valence-corrected chi connectivity index (χ3v) is 2.96. The van der Waals surface area contributed by atoms with Gasteiger partial charge in [-0.1, -0.05) is 12.1 Å². The molecule has 0 bridgehead atoms. The van der Waals surface area contributed by atoms with Gasteiger partial charge in [0.1, 0.15) is 5.82 Å². The number of benzene rings is 1. The van der Waals surface area contributed by atoms with Gasteiger partial charge in [0.25, 0.3) is 0 Å². The van der Waals surface area contributed by atoms with Crippen LogP contribution in [0.25, 0.3) is 0 Å². The first-order valence-corrected chi connectivity index (χ1v) is 6.77. The van der Waals surface area contributed by atoms with E-state index >= 15 is 0 Å². The van der Waals surface area contributed by atoms with Crippen LogP contribution in [0.3, 0.4) is 0 Å². The molecule has 0 aromatic heterocycles. The lowest BCUT2D eigenvalue weighted by Gasteiger charge is -2.17. The van der Waals surface area contributed by atoms with Gasteiger partial charge in [-0.3, -0.25) is 9.59 Å². The van der Waals surface area contributed by atoms with Gasteiger partial charge < -0.3 is 15.0 Å². The molecule has 0 saturated heterocycles. The fraction of sp³-hybridized carbons (Fsp3) is 0.467. The topological polar surface area (TPSA) is 58.6 Å². The number of rotatable bonds is 8. The Morgan fingerprint density at radius 1 is 1.38 bits per heavy atom. The van der Waals surface area contributed by atoms with Crippen molar-refractivity contribution in [2.45, 2.75) is 12.8 Å². The minimum atomic E-state index is -0.380. The van der Waals surface area contributed by atoms with Crippen LogP contribution >= 0.6 is 0 Å². The Labute approximate surface area is 124 Å². The lowest BCUT2D eigenvalue weighted by atomic mass is 10.1. The Morgan fingerprint density at radius 2 is 2.14 bits per heavy atom. The predicted octanol–water partition coefficient (Wildman–Crippen LogP) is 0.979. The molecule has 0 radical (unpaired) electrons. The molecule has 0 aliphatic carbocycles. The van der Waals surface area contributed by atoms with Crippen LogP contribution < -0.4 is 5.32 Å². The zero-order valence-corrected chi connectivity index (χ0v) is 12.4. The van der Waals surface area contributed by atoms with Crippen molar-refractivity contribution < 1.29 is 18.7 Å². The van der Waals surface area contributed by atoms with E-state index in [-0.39, 0.29) is 30.6 Å². The molecule has 5 nitrogen and oxygen atoms in total. The Bertz CT molecular complexity index is 480. The van der Waals surface area contributed by atoms with Gasteiger partial charge in [-0.25, -0.2) is 4.39 Å². The Morgan fingerprint density at radius 3 is 2.81 bits per heavy atom. The molecule has 0 unspecified atom stereocenters. The third-order valence-electron chi connectivity index (χ3n) is 2.96. The monoisotopic (exact) mass is 296 g/mol. The number of nitrogens with one attached hydrogen (secondary N) is 1. The molecule has 0 fully saturated rings. The lowest BCUT2D eigenvalue weighted by Crippen LogP contribution is -2.39. The summed E-state index contributed by atoms with van der Waals surface area (Å²) in [7, 11) is 3.28. The minimum absolute atomic E-state index is 0.0540. The maximum atomic E-state index is 13.0. The second kappa shape index (κ2) is 9.07. The number of amides is 2. The first-order chi connectivity index (χ1) is 10.0. The molecule has 1 rings (SSSR count). The van der Waals surface area contributed by atoms with Gasteiger partial charge in [0, 0.05) is 27.3 Å². The van der Waals surface area contributed by atoms with Crippen molar-refractivity contribution >= 4 is 11.8 Å². The average Bonchev–Trinajstić information content (AvgIpc) is 2.45. The molecule has 1 aromatic carbocycles. The standard InChI is InChI=1S/C15H21FN2O3/c1-18(7-4-8-21-2)15(20)11-17-14(19)10-12-5-3-6-13(16)9-12/h3,5-6,9H,4,7-8,10-11H2,1-2H3,(H,17,19). The zero-order chi connectivity index (χ0) is 15.7. The average molecular weight is 296 g/mol. The van der Waals surface area contributed by atoms with E-state index in [1.54, 1.807) is 31.2 Å². The van der Waals surface area contributed by atoms with Crippen LogP contribution in [0.4, 0.5) is 4.39 Å². The molecule has 2 amide bonds. The summed E-state index contributed by atoms with van der Waals surface area (Å²) >= 11 is 0. The van der Waals surface area contributed by atoms with Gasteiger partial charge >= 0.3 is 0 Å². The van der Waals surface area contributed by atoms with Gasteiger partial charge in [-0.15, -0.1) is 0 Å². The van der Waals surface area contributed by atoms with E-state index in [2.05, 4.69) is 5.32 Å². The molecule has 6 heteroatoms. The summed E-state index contributed by atoms with van der Waals surface area (Å²) in [5, 5.41) is 2.54. The molecule has 0 saturated carbocycles. The normalized spacial score (nSPS) is 10.2. The van der Waals surface area contributed by atoms with Crippen molar-refractivity contribution in [1.82, 2.24) is 10.2 Å². The van der Waals surface area contributed by atoms with E-state index < -0.39 is 0 Å². The van der Waals surface area contributed by atoms with Crippen molar-refractivity contribution in [2.24, 2.45) is 0 Å². The molecule has 0 aliphatic rings. The number of carbonyl (C=O) groups excluding carboxylic acids is 2. The molecule has 0 aliphatic heterocycles. The smallest absolute Gasteiger partial charge is 0.241 e. The van der Waals surface area contributed by atoms with E-state index in [1.807, 2.05) is 0 Å². The molecule has 116 valence electrons. The van der Waals surface area contributed by atoms with Crippen molar-refractivity contribution in [2.75, 3.05) is 33.9 Å². The Kier molecular flexibility index (Phi) is 7.39. The van der Waals surface area contributed by atoms with Crippen LogP contribution in [0.1, 0.15) is 12.0 Å². The van der Waals surface area contributed by atoms with Crippen LogP contribution in [0.2, 0.25) is 0 Å². The Balaban J connectivity index is 2.30. The van der Waals surface area contributed by atoms with Crippen molar-refractivity contribution in [1.29, 1.82) is 0 Å². The number of halogens is 1. The molecule has 21 heavy (non-hydrogen) atoms. The van der Waals surface area contributed by atoms with Crippen LogP contribution in [0.15, 0.2) is 24.3 Å². The molecular formula is C15H21FN2O3. The summed E-state index contributed by atoms with van der Waals surface area (Å²) in [5.41, 5.74) is 0.577. The SMILES string of the molecule is COCCCN(C)C(=O)CNC(=O)Cc1cccc(F)c1. The predicted molar refractivity (Wildman–Crippen MR) is 77.2 cm³/mol. The quantitative estimate of drug-likeness (QED) is 0.728. The minimum Gasteiger partial charge on any atom is -0.385 e. The third kappa shape index (κ3) is 6.85. The zero-order valence-electron chi connectivity index (χ0n) is 12.4. The molecular weight excluding hydrogens is 275 g/mol. The van der Waals surface area contributed by atoms with Crippen molar-refractivity contribution in [3.63, 3.8) is 0 Å². The maximum absolute atomic E-state index is 13.0. The van der Waals surface area contributed by atoms with Crippen molar-refractivity contribution in [3.05, 3.63) is 35.6 Å². The number of hydrogen-bond donors (Lipinski definition) is 1. The summed E-state index contributed by atoms with van der Waals surface area (Å²) in [6.45, 7) is 1.10. The van der Waals surface area contributed by atoms with Gasteiger partial charge in [0.2, 0.25) is 11.8 Å². The maximum Gasteiger partial charge on any atom is 0.241 e. The molecule has 1 N–H and O–H groups in total. The number of ether oxygens (including phenoxy) is 1. The number of carbonyl (C=O) groups is 2. The first-order valence-electron chi connectivity index (χ1n) is 6.77.